The maximum Gasteiger partial charge on any atom is 0.126 e. The Bertz CT molecular complexity index is 333. The average Bonchev–Trinajstić information content (AvgIpc) is 2.25. The van der Waals surface area contributed by atoms with Gasteiger partial charge in [0.2, 0.25) is 0 Å². The van der Waals surface area contributed by atoms with Crippen LogP contribution in [0.1, 0.15) is 39.2 Å². The van der Waals surface area contributed by atoms with Crippen LogP contribution in [-0.4, -0.2) is 13.1 Å². The molecule has 1 unspecified atom stereocenters. The van der Waals surface area contributed by atoms with Crippen LogP contribution >= 0.6 is 0 Å². The van der Waals surface area contributed by atoms with Gasteiger partial charge in [0.25, 0.3) is 0 Å². The molecule has 1 rings (SSSR count). The lowest BCUT2D eigenvalue weighted by Crippen LogP contribution is -2.28. The summed E-state index contributed by atoms with van der Waals surface area (Å²) in [5.74, 6) is 1.22. The minimum Gasteiger partial charge on any atom is -0.316 e. The van der Waals surface area contributed by atoms with Crippen molar-refractivity contribution in [2.24, 2.45) is 11.8 Å². The van der Waals surface area contributed by atoms with Crippen LogP contribution in [0.2, 0.25) is 0 Å². The molecule has 0 spiro atoms. The van der Waals surface area contributed by atoms with Crippen molar-refractivity contribution < 1.29 is 4.39 Å². The summed E-state index contributed by atoms with van der Waals surface area (Å²) in [6, 6.07) is 7.11. The van der Waals surface area contributed by atoms with Gasteiger partial charge in [-0.2, -0.15) is 0 Å². The molecule has 1 aromatic rings. The summed E-state index contributed by atoms with van der Waals surface area (Å²) >= 11 is 0. The Balaban J connectivity index is 2.69. The van der Waals surface area contributed by atoms with Crippen LogP contribution in [0.3, 0.4) is 0 Å². The number of nitrogens with one attached hydrogen (secondary N) is 1. The molecule has 0 fully saturated rings. The number of hydrogen-bond donors (Lipinski definition) is 1. The van der Waals surface area contributed by atoms with E-state index >= 15 is 0 Å². The molecular weight excluding hydrogens is 213 g/mol. The predicted octanol–water partition coefficient (Wildman–Crippen LogP) is 3.81. The van der Waals surface area contributed by atoms with Gasteiger partial charge in [-0.05, 0) is 30.0 Å². The van der Waals surface area contributed by atoms with Crippen LogP contribution < -0.4 is 5.32 Å². The Morgan fingerprint density at radius 2 is 1.71 bits per heavy atom. The van der Waals surface area contributed by atoms with Gasteiger partial charge in [0.1, 0.15) is 5.82 Å². The van der Waals surface area contributed by atoms with Crippen molar-refractivity contribution in [3.05, 3.63) is 35.6 Å². The van der Waals surface area contributed by atoms with Crippen LogP contribution in [0.15, 0.2) is 24.3 Å². The van der Waals surface area contributed by atoms with Gasteiger partial charge in [-0.3, -0.25) is 0 Å². The molecule has 0 radical (unpaired) electrons. The van der Waals surface area contributed by atoms with Gasteiger partial charge in [-0.15, -0.1) is 0 Å². The normalized spacial score (nSPS) is 13.4. The number of rotatable bonds is 6. The third-order valence-electron chi connectivity index (χ3n) is 3.03. The highest BCUT2D eigenvalue weighted by Crippen LogP contribution is 2.25. The molecular formula is C15H24FN. The molecule has 0 aliphatic rings. The lowest BCUT2D eigenvalue weighted by atomic mass is 9.88. The number of hydrogen-bond acceptors (Lipinski definition) is 1. The van der Waals surface area contributed by atoms with Gasteiger partial charge in [-0.1, -0.05) is 45.9 Å². The van der Waals surface area contributed by atoms with Crippen molar-refractivity contribution in [1.29, 1.82) is 0 Å². The first-order chi connectivity index (χ1) is 8.02. The first-order valence-corrected chi connectivity index (χ1v) is 6.47. The quantitative estimate of drug-likeness (QED) is 0.793. The minimum absolute atomic E-state index is 0.0856. The molecule has 0 amide bonds. The second kappa shape index (κ2) is 6.75. The summed E-state index contributed by atoms with van der Waals surface area (Å²) in [5.41, 5.74) is 0.832. The summed E-state index contributed by atoms with van der Waals surface area (Å²) in [5, 5.41) is 3.43. The molecule has 0 aliphatic carbocycles. The Kier molecular flexibility index (Phi) is 5.63. The number of halogens is 1. The van der Waals surface area contributed by atoms with Gasteiger partial charge in [0.05, 0.1) is 0 Å². The fourth-order valence-corrected chi connectivity index (χ4v) is 2.01. The Morgan fingerprint density at radius 1 is 1.06 bits per heavy atom. The fourth-order valence-electron chi connectivity index (χ4n) is 2.01. The van der Waals surface area contributed by atoms with Crippen molar-refractivity contribution in [2.45, 2.75) is 33.6 Å². The van der Waals surface area contributed by atoms with Crippen molar-refractivity contribution in [2.75, 3.05) is 13.1 Å². The Morgan fingerprint density at radius 3 is 2.24 bits per heavy atom. The highest BCUT2D eigenvalue weighted by molar-refractivity contribution is 5.22. The molecule has 0 saturated carbocycles. The Labute approximate surface area is 104 Å². The fraction of sp³-hybridized carbons (Fsp3) is 0.600. The SMILES string of the molecule is CC(C)CNCC(c1ccccc1F)C(C)C. The monoisotopic (exact) mass is 237 g/mol. The lowest BCUT2D eigenvalue weighted by Gasteiger charge is -2.23. The van der Waals surface area contributed by atoms with Crippen molar-refractivity contribution in [3.8, 4) is 0 Å². The zero-order chi connectivity index (χ0) is 12.8. The predicted molar refractivity (Wildman–Crippen MR) is 71.7 cm³/mol. The standard InChI is InChI=1S/C15H24FN/c1-11(2)9-17-10-14(12(3)4)13-7-5-6-8-15(13)16/h5-8,11-12,14,17H,9-10H2,1-4H3. The molecule has 1 aromatic carbocycles. The molecule has 0 aromatic heterocycles. The van der Waals surface area contributed by atoms with Crippen LogP contribution in [0.4, 0.5) is 4.39 Å². The van der Waals surface area contributed by atoms with E-state index in [0.717, 1.165) is 18.7 Å². The van der Waals surface area contributed by atoms with Crippen molar-refractivity contribution in [3.63, 3.8) is 0 Å². The van der Waals surface area contributed by atoms with Crippen molar-refractivity contribution in [1.82, 2.24) is 5.32 Å². The molecule has 1 N–H and O–H groups in total. The first-order valence-electron chi connectivity index (χ1n) is 6.47. The molecule has 17 heavy (non-hydrogen) atoms. The van der Waals surface area contributed by atoms with Crippen molar-refractivity contribution >= 4 is 0 Å². The first kappa shape index (κ1) is 14.2. The second-order valence-corrected chi connectivity index (χ2v) is 5.42. The van der Waals surface area contributed by atoms with Crippen LogP contribution in [0.5, 0.6) is 0 Å². The van der Waals surface area contributed by atoms with Crippen LogP contribution in [0, 0.1) is 17.7 Å². The number of benzene rings is 1. The lowest BCUT2D eigenvalue weighted by molar-refractivity contribution is 0.428. The third kappa shape index (κ3) is 4.47. The van der Waals surface area contributed by atoms with E-state index < -0.39 is 0 Å². The molecule has 0 heterocycles. The van der Waals surface area contributed by atoms with E-state index in [1.807, 2.05) is 12.1 Å². The smallest absolute Gasteiger partial charge is 0.126 e. The molecule has 96 valence electrons. The van der Waals surface area contributed by atoms with Gasteiger partial charge in [0, 0.05) is 12.5 Å². The molecule has 1 atom stereocenters. The second-order valence-electron chi connectivity index (χ2n) is 5.42. The highest BCUT2D eigenvalue weighted by atomic mass is 19.1. The molecule has 0 saturated heterocycles. The van der Waals surface area contributed by atoms with E-state index in [2.05, 4.69) is 33.0 Å². The molecule has 0 bridgehead atoms. The average molecular weight is 237 g/mol. The van der Waals surface area contributed by atoms with E-state index in [0.29, 0.717) is 11.8 Å². The zero-order valence-corrected chi connectivity index (χ0v) is 11.3. The van der Waals surface area contributed by atoms with Crippen LogP contribution in [0.25, 0.3) is 0 Å². The third-order valence-corrected chi connectivity index (χ3v) is 3.03. The highest BCUT2D eigenvalue weighted by Gasteiger charge is 2.18. The van der Waals surface area contributed by atoms with E-state index in [1.165, 1.54) is 0 Å². The summed E-state index contributed by atoms with van der Waals surface area (Å²) in [4.78, 5) is 0. The van der Waals surface area contributed by atoms with Crippen LogP contribution in [-0.2, 0) is 0 Å². The minimum atomic E-state index is -0.0856. The molecule has 2 heteroatoms. The van der Waals surface area contributed by atoms with E-state index in [-0.39, 0.29) is 11.7 Å². The van der Waals surface area contributed by atoms with E-state index in [4.69, 9.17) is 0 Å². The summed E-state index contributed by atoms with van der Waals surface area (Å²) in [6.07, 6.45) is 0. The summed E-state index contributed by atoms with van der Waals surface area (Å²) in [6.45, 7) is 10.5. The zero-order valence-electron chi connectivity index (χ0n) is 11.3. The van der Waals surface area contributed by atoms with Gasteiger partial charge in [0.15, 0.2) is 0 Å². The maximum atomic E-state index is 13.8. The van der Waals surface area contributed by atoms with Gasteiger partial charge in [-0.25, -0.2) is 4.39 Å². The summed E-state index contributed by atoms with van der Waals surface area (Å²) < 4.78 is 13.8. The van der Waals surface area contributed by atoms with E-state index in [1.54, 1.807) is 12.1 Å². The largest absolute Gasteiger partial charge is 0.316 e. The summed E-state index contributed by atoms with van der Waals surface area (Å²) in [7, 11) is 0. The van der Waals surface area contributed by atoms with Gasteiger partial charge >= 0.3 is 0 Å². The maximum absolute atomic E-state index is 13.8. The topological polar surface area (TPSA) is 12.0 Å². The van der Waals surface area contributed by atoms with Gasteiger partial charge < -0.3 is 5.32 Å². The molecule has 1 nitrogen and oxygen atoms in total. The molecule has 0 aliphatic heterocycles. The van der Waals surface area contributed by atoms with E-state index in [9.17, 15) is 4.39 Å². The Hall–Kier alpha value is -0.890.